The van der Waals surface area contributed by atoms with E-state index in [1.807, 2.05) is 0 Å². The van der Waals surface area contributed by atoms with E-state index in [1.54, 1.807) is 18.2 Å². The minimum absolute atomic E-state index is 0.0854. The first-order valence-electron chi connectivity index (χ1n) is 9.44. The van der Waals surface area contributed by atoms with E-state index < -0.39 is 0 Å². The highest BCUT2D eigenvalue weighted by molar-refractivity contribution is 5.99. The average molecular weight is 361 g/mol. The summed E-state index contributed by atoms with van der Waals surface area (Å²) >= 11 is 0. The molecule has 2 heterocycles. The molecule has 0 N–H and O–H groups in total. The number of nitrogens with zero attached hydrogens (tertiary/aromatic N) is 1. The van der Waals surface area contributed by atoms with Crippen LogP contribution in [0.2, 0.25) is 0 Å². The van der Waals surface area contributed by atoms with Gasteiger partial charge in [0, 0.05) is 31.1 Å². The highest BCUT2D eigenvalue weighted by Gasteiger charge is 2.24. The number of likely N-dealkylation sites (tertiary alicyclic amines) is 1. The van der Waals surface area contributed by atoms with Crippen molar-refractivity contribution in [3.8, 4) is 0 Å². The number of hydrogen-bond donors (Lipinski definition) is 0. The van der Waals surface area contributed by atoms with Crippen LogP contribution in [-0.2, 0) is 0 Å². The molecule has 1 atom stereocenters. The summed E-state index contributed by atoms with van der Waals surface area (Å²) in [7, 11) is 0. The van der Waals surface area contributed by atoms with Crippen molar-refractivity contribution in [3.05, 3.63) is 81.7 Å². The Balaban J connectivity index is 1.37. The Morgan fingerprint density at radius 1 is 1.15 bits per heavy atom. The van der Waals surface area contributed by atoms with Crippen molar-refractivity contribution >= 4 is 16.8 Å². The van der Waals surface area contributed by atoms with Gasteiger partial charge >= 0.3 is 0 Å². The first-order valence-corrected chi connectivity index (χ1v) is 9.44. The fourth-order valence-electron chi connectivity index (χ4n) is 3.81. The fourth-order valence-corrected chi connectivity index (χ4v) is 3.81. The van der Waals surface area contributed by atoms with E-state index in [9.17, 15) is 9.59 Å². The fraction of sp³-hybridized carbons (Fsp3) is 0.304. The molecule has 0 spiro atoms. The molecule has 0 radical (unpaired) electrons. The first kappa shape index (κ1) is 17.7. The van der Waals surface area contributed by atoms with Crippen LogP contribution in [-0.4, -0.2) is 30.3 Å². The summed E-state index contributed by atoms with van der Waals surface area (Å²) in [6, 6.07) is 15.2. The number of fused-ring (bicyclic) bond motifs is 1. The van der Waals surface area contributed by atoms with Gasteiger partial charge < -0.3 is 9.32 Å². The number of hydrogen-bond acceptors (Lipinski definition) is 4. The van der Waals surface area contributed by atoms with Crippen LogP contribution >= 0.6 is 0 Å². The van der Waals surface area contributed by atoms with Crippen molar-refractivity contribution in [2.75, 3.05) is 19.6 Å². The summed E-state index contributed by atoms with van der Waals surface area (Å²) in [6.45, 7) is 4.90. The zero-order valence-corrected chi connectivity index (χ0v) is 15.5. The van der Waals surface area contributed by atoms with E-state index in [-0.39, 0.29) is 11.2 Å². The Hall–Kier alpha value is -2.72. The van der Waals surface area contributed by atoms with Gasteiger partial charge in [-0.15, -0.1) is 0 Å². The van der Waals surface area contributed by atoms with E-state index in [0.29, 0.717) is 28.9 Å². The molecule has 0 bridgehead atoms. The largest absolute Gasteiger partial charge is 0.464 e. The molecule has 1 aliphatic rings. The molecular formula is C23H23NO3. The smallest absolute Gasteiger partial charge is 0.192 e. The number of ketones is 1. The summed E-state index contributed by atoms with van der Waals surface area (Å²) < 4.78 is 5.37. The predicted molar refractivity (Wildman–Crippen MR) is 106 cm³/mol. The molecule has 1 aliphatic heterocycles. The molecule has 4 heteroatoms. The van der Waals surface area contributed by atoms with Gasteiger partial charge in [-0.3, -0.25) is 9.59 Å². The second-order valence-electron chi connectivity index (χ2n) is 7.37. The van der Waals surface area contributed by atoms with Gasteiger partial charge in [-0.2, -0.15) is 0 Å². The highest BCUT2D eigenvalue weighted by Crippen LogP contribution is 2.27. The molecular weight excluding hydrogens is 338 g/mol. The predicted octanol–water partition coefficient (Wildman–Crippen LogP) is 4.16. The number of aryl methyl sites for hydroxylation is 1. The number of carbonyl (C=O) groups is 1. The molecule has 1 saturated heterocycles. The van der Waals surface area contributed by atoms with Crippen molar-refractivity contribution in [2.24, 2.45) is 0 Å². The van der Waals surface area contributed by atoms with Crippen molar-refractivity contribution < 1.29 is 9.21 Å². The molecule has 0 amide bonds. The molecule has 0 aliphatic carbocycles. The molecule has 4 nitrogen and oxygen atoms in total. The van der Waals surface area contributed by atoms with E-state index in [0.717, 1.165) is 26.1 Å². The SMILES string of the molecule is Cc1ccc(C2CCN(CCC(=O)c3ccc4c(=O)ccoc4c3)C2)cc1. The normalized spacial score (nSPS) is 17.4. The van der Waals surface area contributed by atoms with Crippen LogP contribution in [0.5, 0.6) is 0 Å². The van der Waals surface area contributed by atoms with Gasteiger partial charge in [0.2, 0.25) is 0 Å². The Morgan fingerprint density at radius 2 is 1.96 bits per heavy atom. The highest BCUT2D eigenvalue weighted by atomic mass is 16.3. The van der Waals surface area contributed by atoms with E-state index >= 15 is 0 Å². The third-order valence-electron chi connectivity index (χ3n) is 5.46. The van der Waals surface area contributed by atoms with Gasteiger partial charge in [0.1, 0.15) is 5.58 Å². The Morgan fingerprint density at radius 3 is 2.78 bits per heavy atom. The van der Waals surface area contributed by atoms with Gasteiger partial charge in [-0.25, -0.2) is 0 Å². The van der Waals surface area contributed by atoms with Crippen molar-refractivity contribution in [1.29, 1.82) is 0 Å². The monoisotopic (exact) mass is 361 g/mol. The Kier molecular flexibility index (Phi) is 4.90. The quantitative estimate of drug-likeness (QED) is 0.640. The molecule has 0 saturated carbocycles. The molecule has 3 aromatic rings. The van der Waals surface area contributed by atoms with Crippen LogP contribution in [0.25, 0.3) is 11.0 Å². The van der Waals surface area contributed by atoms with Gasteiger partial charge in [0.15, 0.2) is 11.2 Å². The van der Waals surface area contributed by atoms with Gasteiger partial charge in [-0.05, 0) is 43.5 Å². The number of carbonyl (C=O) groups excluding carboxylic acids is 1. The van der Waals surface area contributed by atoms with E-state index in [4.69, 9.17) is 4.42 Å². The molecule has 1 unspecified atom stereocenters. The average Bonchev–Trinajstić information content (AvgIpc) is 3.15. The minimum atomic E-state index is -0.0885. The van der Waals surface area contributed by atoms with Crippen LogP contribution in [0.15, 0.2) is 64.0 Å². The molecule has 2 aromatic carbocycles. The molecule has 1 aromatic heterocycles. The minimum Gasteiger partial charge on any atom is -0.464 e. The second-order valence-corrected chi connectivity index (χ2v) is 7.37. The standard InChI is InChI=1S/C23H23NO3/c1-16-2-4-17(5-3-16)19-8-11-24(15-19)12-9-21(25)18-6-7-20-22(26)10-13-27-23(20)14-18/h2-7,10,13-14,19H,8-9,11-12,15H2,1H3. The maximum atomic E-state index is 12.6. The Labute approximate surface area is 158 Å². The van der Waals surface area contributed by atoms with Crippen LogP contribution in [0, 0.1) is 6.92 Å². The van der Waals surface area contributed by atoms with Crippen LogP contribution in [0.4, 0.5) is 0 Å². The summed E-state index contributed by atoms with van der Waals surface area (Å²) in [6.07, 6.45) is 2.98. The summed E-state index contributed by atoms with van der Waals surface area (Å²) in [4.78, 5) is 26.7. The summed E-state index contributed by atoms with van der Waals surface area (Å²) in [5.74, 6) is 0.637. The third kappa shape index (κ3) is 3.86. The van der Waals surface area contributed by atoms with Crippen LogP contribution in [0.1, 0.15) is 40.2 Å². The molecule has 4 rings (SSSR count). The summed E-state index contributed by atoms with van der Waals surface area (Å²) in [5.41, 5.74) is 3.65. The molecule has 27 heavy (non-hydrogen) atoms. The lowest BCUT2D eigenvalue weighted by Crippen LogP contribution is -2.23. The topological polar surface area (TPSA) is 50.5 Å². The van der Waals surface area contributed by atoms with Crippen molar-refractivity contribution in [1.82, 2.24) is 4.90 Å². The van der Waals surface area contributed by atoms with Crippen molar-refractivity contribution in [3.63, 3.8) is 0 Å². The van der Waals surface area contributed by atoms with Gasteiger partial charge in [0.25, 0.3) is 0 Å². The number of rotatable bonds is 5. The first-order chi connectivity index (χ1) is 13.1. The molecule has 1 fully saturated rings. The van der Waals surface area contributed by atoms with Crippen molar-refractivity contribution in [2.45, 2.75) is 25.7 Å². The van der Waals surface area contributed by atoms with Gasteiger partial charge in [-0.1, -0.05) is 35.9 Å². The van der Waals surface area contributed by atoms with E-state index in [2.05, 4.69) is 36.1 Å². The lowest BCUT2D eigenvalue weighted by molar-refractivity contribution is 0.0968. The number of Topliss-reactive ketones (excluding diaryl/α,β-unsaturated/α-hetero) is 1. The number of benzene rings is 2. The second kappa shape index (κ2) is 7.49. The lowest BCUT2D eigenvalue weighted by atomic mass is 9.97. The van der Waals surface area contributed by atoms with Crippen LogP contribution in [0.3, 0.4) is 0 Å². The lowest BCUT2D eigenvalue weighted by Gasteiger charge is -2.16. The Bertz CT molecular complexity index is 1020. The maximum absolute atomic E-state index is 12.6. The summed E-state index contributed by atoms with van der Waals surface area (Å²) in [5, 5.41) is 0.509. The maximum Gasteiger partial charge on any atom is 0.192 e. The third-order valence-corrected chi connectivity index (χ3v) is 5.46. The van der Waals surface area contributed by atoms with Gasteiger partial charge in [0.05, 0.1) is 11.6 Å². The zero-order valence-electron chi connectivity index (χ0n) is 15.5. The van der Waals surface area contributed by atoms with E-state index in [1.165, 1.54) is 23.5 Å². The molecule has 138 valence electrons. The van der Waals surface area contributed by atoms with Crippen LogP contribution < -0.4 is 5.43 Å². The zero-order chi connectivity index (χ0) is 18.8.